The average Bonchev–Trinajstić information content (AvgIpc) is 2.54. The fourth-order valence-corrected chi connectivity index (χ4v) is 3.02. The molecule has 5 nitrogen and oxygen atoms in total. The van der Waals surface area contributed by atoms with Gasteiger partial charge in [0, 0.05) is 13.1 Å². The van der Waals surface area contributed by atoms with E-state index in [4.69, 9.17) is 0 Å². The summed E-state index contributed by atoms with van der Waals surface area (Å²) < 4.78 is 3.00. The summed E-state index contributed by atoms with van der Waals surface area (Å²) in [5.74, 6) is 0. The molecular formula is C17H30BrN3O2. The van der Waals surface area contributed by atoms with Crippen molar-refractivity contribution in [2.24, 2.45) is 0 Å². The first-order chi connectivity index (χ1) is 11.1. The van der Waals surface area contributed by atoms with Crippen LogP contribution >= 0.6 is 15.9 Å². The molecule has 0 aliphatic heterocycles. The van der Waals surface area contributed by atoms with Crippen LogP contribution in [0, 0.1) is 0 Å². The van der Waals surface area contributed by atoms with Crippen LogP contribution in [0.5, 0.6) is 0 Å². The van der Waals surface area contributed by atoms with E-state index >= 15 is 0 Å². The molecule has 0 aromatic carbocycles. The average molecular weight is 388 g/mol. The molecule has 1 aromatic rings. The summed E-state index contributed by atoms with van der Waals surface area (Å²) in [7, 11) is 0. The van der Waals surface area contributed by atoms with Crippen LogP contribution in [0.15, 0.2) is 14.2 Å². The number of aryl methyl sites for hydroxylation is 1. The highest BCUT2D eigenvalue weighted by molar-refractivity contribution is 9.10. The van der Waals surface area contributed by atoms with Crippen LogP contribution in [-0.2, 0) is 13.1 Å². The predicted molar refractivity (Wildman–Crippen MR) is 98.0 cm³/mol. The number of hydrogen-bond donors (Lipinski definition) is 0. The first-order valence-electron chi connectivity index (χ1n) is 8.99. The van der Waals surface area contributed by atoms with Crippen LogP contribution in [0.25, 0.3) is 0 Å². The third kappa shape index (κ3) is 7.02. The lowest BCUT2D eigenvalue weighted by Gasteiger charge is -2.10. The Labute approximate surface area is 147 Å². The van der Waals surface area contributed by atoms with Gasteiger partial charge in [0.05, 0.1) is 0 Å². The summed E-state index contributed by atoms with van der Waals surface area (Å²) in [6, 6.07) is 0. The lowest BCUT2D eigenvalue weighted by atomic mass is 10.1. The van der Waals surface area contributed by atoms with Gasteiger partial charge in [-0.25, -0.2) is 9.48 Å². The number of halogens is 1. The molecular weight excluding hydrogens is 358 g/mol. The molecule has 0 amide bonds. The minimum absolute atomic E-state index is 0.235. The van der Waals surface area contributed by atoms with Crippen molar-refractivity contribution >= 4 is 15.9 Å². The molecule has 0 saturated carbocycles. The van der Waals surface area contributed by atoms with Crippen molar-refractivity contribution in [2.45, 2.75) is 91.1 Å². The van der Waals surface area contributed by atoms with Crippen molar-refractivity contribution in [3.8, 4) is 0 Å². The van der Waals surface area contributed by atoms with Gasteiger partial charge in [0.15, 0.2) is 4.60 Å². The van der Waals surface area contributed by atoms with Crippen LogP contribution in [0.4, 0.5) is 0 Å². The zero-order chi connectivity index (χ0) is 17.1. The Kier molecular flexibility index (Phi) is 10.2. The Morgan fingerprint density at radius 1 is 0.826 bits per heavy atom. The summed E-state index contributed by atoms with van der Waals surface area (Å²) in [6.07, 6.45) is 11.1. The molecule has 0 fully saturated rings. The number of hydrogen-bond acceptors (Lipinski definition) is 3. The molecule has 0 saturated heterocycles. The van der Waals surface area contributed by atoms with Gasteiger partial charge in [-0.2, -0.15) is 5.10 Å². The second kappa shape index (κ2) is 11.6. The molecule has 6 heteroatoms. The normalized spacial score (nSPS) is 11.1. The van der Waals surface area contributed by atoms with Gasteiger partial charge >= 0.3 is 5.69 Å². The minimum Gasteiger partial charge on any atom is -0.266 e. The Hall–Kier alpha value is -0.910. The third-order valence-corrected chi connectivity index (χ3v) is 4.54. The Bertz CT molecular complexity index is 566. The number of aromatic nitrogens is 3. The van der Waals surface area contributed by atoms with Crippen LogP contribution in [0.2, 0.25) is 0 Å². The molecule has 0 spiro atoms. The first-order valence-corrected chi connectivity index (χ1v) is 9.78. The van der Waals surface area contributed by atoms with Crippen molar-refractivity contribution < 1.29 is 0 Å². The van der Waals surface area contributed by atoms with Gasteiger partial charge < -0.3 is 0 Å². The van der Waals surface area contributed by atoms with E-state index in [9.17, 15) is 9.59 Å². The van der Waals surface area contributed by atoms with Crippen molar-refractivity contribution in [1.82, 2.24) is 14.3 Å². The fraction of sp³-hybridized carbons (Fsp3) is 0.824. The van der Waals surface area contributed by atoms with E-state index in [-0.39, 0.29) is 15.9 Å². The lowest BCUT2D eigenvalue weighted by Crippen LogP contribution is -2.42. The topological polar surface area (TPSA) is 56.9 Å². The summed E-state index contributed by atoms with van der Waals surface area (Å²) in [5, 5.41) is 4.10. The van der Waals surface area contributed by atoms with Crippen LogP contribution in [0.1, 0.15) is 78.1 Å². The monoisotopic (exact) mass is 387 g/mol. The Morgan fingerprint density at radius 3 is 1.91 bits per heavy atom. The maximum atomic E-state index is 12.4. The predicted octanol–water partition coefficient (Wildman–Crippen LogP) is 4.11. The summed E-state index contributed by atoms with van der Waals surface area (Å²) in [4.78, 5) is 24.5. The second-order valence-electron chi connectivity index (χ2n) is 6.08. The summed E-state index contributed by atoms with van der Waals surface area (Å²) in [5.41, 5.74) is -0.586. The fourth-order valence-electron chi connectivity index (χ4n) is 2.61. The summed E-state index contributed by atoms with van der Waals surface area (Å²) in [6.45, 7) is 5.42. The van der Waals surface area contributed by atoms with E-state index in [1.54, 1.807) is 0 Å². The lowest BCUT2D eigenvalue weighted by molar-refractivity contribution is 0.447. The molecule has 23 heavy (non-hydrogen) atoms. The van der Waals surface area contributed by atoms with Crippen molar-refractivity contribution in [3.63, 3.8) is 0 Å². The van der Waals surface area contributed by atoms with E-state index in [0.29, 0.717) is 13.1 Å². The molecule has 0 aliphatic rings. The second-order valence-corrected chi connectivity index (χ2v) is 6.83. The molecule has 1 rings (SSSR count). The van der Waals surface area contributed by atoms with Gasteiger partial charge in [-0.15, -0.1) is 0 Å². The van der Waals surface area contributed by atoms with E-state index < -0.39 is 0 Å². The molecule has 132 valence electrons. The van der Waals surface area contributed by atoms with Crippen molar-refractivity contribution in [1.29, 1.82) is 0 Å². The van der Waals surface area contributed by atoms with E-state index in [1.807, 2.05) is 0 Å². The largest absolute Gasteiger partial charge is 0.347 e. The van der Waals surface area contributed by atoms with Gasteiger partial charge in [-0.05, 0) is 28.8 Å². The molecule has 0 atom stereocenters. The molecule has 0 radical (unpaired) electrons. The van der Waals surface area contributed by atoms with Crippen LogP contribution < -0.4 is 11.2 Å². The van der Waals surface area contributed by atoms with Gasteiger partial charge in [0.2, 0.25) is 0 Å². The quantitative estimate of drug-likeness (QED) is 0.507. The SMILES string of the molecule is CCCCCCCn1nc(Br)c(=O)n(CCCCCCC)c1=O. The maximum absolute atomic E-state index is 12.4. The minimum atomic E-state index is -0.312. The number of unbranched alkanes of at least 4 members (excludes halogenated alkanes) is 8. The standard InChI is InChI=1S/C17H30BrN3O2/c1-3-5-7-9-11-13-20-16(22)15(18)19-21(17(20)23)14-12-10-8-6-4-2/h3-14H2,1-2H3. The number of nitrogens with zero attached hydrogens (tertiary/aromatic N) is 3. The highest BCUT2D eigenvalue weighted by atomic mass is 79.9. The van der Waals surface area contributed by atoms with E-state index in [1.165, 1.54) is 41.4 Å². The van der Waals surface area contributed by atoms with Crippen molar-refractivity contribution in [3.05, 3.63) is 25.4 Å². The third-order valence-electron chi connectivity index (χ3n) is 4.04. The highest BCUT2D eigenvalue weighted by Crippen LogP contribution is 2.05. The van der Waals surface area contributed by atoms with Crippen molar-refractivity contribution in [2.75, 3.05) is 0 Å². The Morgan fingerprint density at radius 2 is 1.35 bits per heavy atom. The molecule has 1 heterocycles. The number of rotatable bonds is 12. The molecule has 0 N–H and O–H groups in total. The zero-order valence-corrected chi connectivity index (χ0v) is 16.1. The maximum Gasteiger partial charge on any atom is 0.347 e. The highest BCUT2D eigenvalue weighted by Gasteiger charge is 2.10. The van der Waals surface area contributed by atoms with Gasteiger partial charge in [0.1, 0.15) is 0 Å². The Balaban J connectivity index is 2.66. The first kappa shape index (κ1) is 20.1. The smallest absolute Gasteiger partial charge is 0.266 e. The molecule has 0 aliphatic carbocycles. The van der Waals surface area contributed by atoms with Gasteiger partial charge in [-0.1, -0.05) is 65.2 Å². The molecule has 0 bridgehead atoms. The summed E-state index contributed by atoms with van der Waals surface area (Å²) >= 11 is 3.19. The molecule has 1 aromatic heterocycles. The van der Waals surface area contributed by atoms with Crippen LogP contribution in [0.3, 0.4) is 0 Å². The van der Waals surface area contributed by atoms with E-state index in [0.717, 1.165) is 32.1 Å². The van der Waals surface area contributed by atoms with E-state index in [2.05, 4.69) is 34.9 Å². The zero-order valence-electron chi connectivity index (χ0n) is 14.5. The van der Waals surface area contributed by atoms with Crippen LogP contribution in [-0.4, -0.2) is 14.3 Å². The van der Waals surface area contributed by atoms with Gasteiger partial charge in [0.25, 0.3) is 5.56 Å². The molecule has 0 unspecified atom stereocenters. The van der Waals surface area contributed by atoms with Gasteiger partial charge in [-0.3, -0.25) is 9.36 Å².